The van der Waals surface area contributed by atoms with E-state index in [1.807, 2.05) is 25.6 Å². The first-order valence-electron chi connectivity index (χ1n) is 6.06. The lowest BCUT2D eigenvalue weighted by Gasteiger charge is -2.33. The van der Waals surface area contributed by atoms with E-state index in [9.17, 15) is 4.79 Å². The SMILES string of the molecule is COC(=O)C(C)(C)NC1CSCc2ccccc21. The van der Waals surface area contributed by atoms with Gasteiger partial charge in [-0.05, 0) is 25.0 Å². The summed E-state index contributed by atoms with van der Waals surface area (Å²) in [7, 11) is 1.43. The van der Waals surface area contributed by atoms with Crippen molar-refractivity contribution in [1.82, 2.24) is 5.32 Å². The van der Waals surface area contributed by atoms with Crippen LogP contribution in [-0.4, -0.2) is 24.4 Å². The van der Waals surface area contributed by atoms with E-state index in [4.69, 9.17) is 4.74 Å². The third-order valence-electron chi connectivity index (χ3n) is 3.20. The summed E-state index contributed by atoms with van der Waals surface area (Å²) >= 11 is 1.89. The molecule has 1 N–H and O–H groups in total. The molecule has 1 heterocycles. The number of esters is 1. The summed E-state index contributed by atoms with van der Waals surface area (Å²) in [6.07, 6.45) is 0. The highest BCUT2D eigenvalue weighted by Crippen LogP contribution is 2.32. The van der Waals surface area contributed by atoms with Gasteiger partial charge in [-0.2, -0.15) is 11.8 Å². The molecule has 0 radical (unpaired) electrons. The van der Waals surface area contributed by atoms with E-state index in [0.29, 0.717) is 0 Å². The second-order valence-corrected chi connectivity index (χ2v) is 6.06. The minimum Gasteiger partial charge on any atom is -0.468 e. The maximum atomic E-state index is 11.7. The molecule has 0 aliphatic carbocycles. The predicted molar refractivity (Wildman–Crippen MR) is 74.6 cm³/mol. The van der Waals surface area contributed by atoms with Gasteiger partial charge in [0.1, 0.15) is 5.54 Å². The lowest BCUT2D eigenvalue weighted by atomic mass is 9.97. The smallest absolute Gasteiger partial charge is 0.325 e. The van der Waals surface area contributed by atoms with Gasteiger partial charge in [0.2, 0.25) is 0 Å². The van der Waals surface area contributed by atoms with Crippen LogP contribution in [0.25, 0.3) is 0 Å². The Labute approximate surface area is 112 Å². The zero-order chi connectivity index (χ0) is 13.2. The van der Waals surface area contributed by atoms with Gasteiger partial charge in [0.05, 0.1) is 7.11 Å². The average molecular weight is 265 g/mol. The molecule has 0 spiro atoms. The van der Waals surface area contributed by atoms with E-state index in [-0.39, 0.29) is 12.0 Å². The fraction of sp³-hybridized carbons (Fsp3) is 0.500. The second-order valence-electron chi connectivity index (χ2n) is 5.03. The van der Waals surface area contributed by atoms with Gasteiger partial charge in [-0.3, -0.25) is 10.1 Å². The van der Waals surface area contributed by atoms with Crippen LogP contribution >= 0.6 is 11.8 Å². The Hall–Kier alpha value is -1.00. The topological polar surface area (TPSA) is 38.3 Å². The van der Waals surface area contributed by atoms with Crippen molar-refractivity contribution in [2.75, 3.05) is 12.9 Å². The zero-order valence-electron chi connectivity index (χ0n) is 11.0. The Balaban J connectivity index is 2.19. The summed E-state index contributed by atoms with van der Waals surface area (Å²) in [6, 6.07) is 8.61. The van der Waals surface area contributed by atoms with Crippen molar-refractivity contribution in [3.63, 3.8) is 0 Å². The van der Waals surface area contributed by atoms with Crippen LogP contribution in [-0.2, 0) is 15.3 Å². The highest BCUT2D eigenvalue weighted by atomic mass is 32.2. The summed E-state index contributed by atoms with van der Waals surface area (Å²) in [6.45, 7) is 3.72. The summed E-state index contributed by atoms with van der Waals surface area (Å²) in [4.78, 5) is 11.7. The number of fused-ring (bicyclic) bond motifs is 1. The van der Waals surface area contributed by atoms with Crippen LogP contribution in [0.15, 0.2) is 24.3 Å². The largest absolute Gasteiger partial charge is 0.468 e. The first kappa shape index (κ1) is 13.4. The molecule has 3 nitrogen and oxygen atoms in total. The molecule has 0 amide bonds. The second kappa shape index (κ2) is 5.33. The number of ether oxygens (including phenoxy) is 1. The van der Waals surface area contributed by atoms with E-state index < -0.39 is 5.54 Å². The molecule has 0 fully saturated rings. The number of thioether (sulfide) groups is 1. The first-order chi connectivity index (χ1) is 8.54. The van der Waals surface area contributed by atoms with Gasteiger partial charge in [0.25, 0.3) is 0 Å². The Morgan fingerprint density at radius 3 is 2.89 bits per heavy atom. The highest BCUT2D eigenvalue weighted by molar-refractivity contribution is 7.98. The summed E-state index contributed by atoms with van der Waals surface area (Å²) in [5, 5.41) is 3.41. The van der Waals surface area contributed by atoms with E-state index in [1.54, 1.807) is 0 Å². The van der Waals surface area contributed by atoms with Gasteiger partial charge < -0.3 is 4.74 Å². The molecule has 0 saturated heterocycles. The van der Waals surface area contributed by atoms with Gasteiger partial charge in [-0.1, -0.05) is 24.3 Å². The molecule has 2 rings (SSSR count). The van der Waals surface area contributed by atoms with Gasteiger partial charge in [-0.15, -0.1) is 0 Å². The van der Waals surface area contributed by atoms with E-state index >= 15 is 0 Å². The van der Waals surface area contributed by atoms with Crippen molar-refractivity contribution >= 4 is 17.7 Å². The van der Waals surface area contributed by atoms with Crippen LogP contribution < -0.4 is 5.32 Å². The molecule has 0 aromatic heterocycles. The quantitative estimate of drug-likeness (QED) is 0.852. The van der Waals surface area contributed by atoms with Crippen molar-refractivity contribution < 1.29 is 9.53 Å². The summed E-state index contributed by atoms with van der Waals surface area (Å²) in [5.41, 5.74) is 1.99. The van der Waals surface area contributed by atoms with Crippen molar-refractivity contribution in [3.05, 3.63) is 35.4 Å². The number of methoxy groups -OCH3 is 1. The van der Waals surface area contributed by atoms with Crippen LogP contribution in [0.3, 0.4) is 0 Å². The molecule has 0 bridgehead atoms. The van der Waals surface area contributed by atoms with E-state index in [0.717, 1.165) is 11.5 Å². The van der Waals surface area contributed by atoms with Crippen LogP contribution in [0.4, 0.5) is 0 Å². The number of rotatable bonds is 3. The van der Waals surface area contributed by atoms with Crippen molar-refractivity contribution in [1.29, 1.82) is 0 Å². The number of carbonyl (C=O) groups is 1. The van der Waals surface area contributed by atoms with E-state index in [1.165, 1.54) is 18.2 Å². The van der Waals surface area contributed by atoms with E-state index in [2.05, 4.69) is 29.6 Å². The number of hydrogen-bond acceptors (Lipinski definition) is 4. The first-order valence-corrected chi connectivity index (χ1v) is 7.22. The maximum Gasteiger partial charge on any atom is 0.325 e. The minimum atomic E-state index is -0.662. The molecule has 1 unspecified atom stereocenters. The molecule has 1 aromatic rings. The molecule has 4 heteroatoms. The Bertz CT molecular complexity index is 445. The predicted octanol–water partition coefficient (Wildman–Crippen LogP) is 2.52. The zero-order valence-corrected chi connectivity index (χ0v) is 11.8. The third-order valence-corrected chi connectivity index (χ3v) is 4.29. The minimum absolute atomic E-state index is 0.203. The molecule has 1 aliphatic rings. The number of carbonyl (C=O) groups excluding carboxylic acids is 1. The van der Waals surface area contributed by atoms with Gasteiger partial charge in [-0.25, -0.2) is 0 Å². The van der Waals surface area contributed by atoms with Crippen LogP contribution in [0.2, 0.25) is 0 Å². The van der Waals surface area contributed by atoms with Crippen LogP contribution in [0.1, 0.15) is 31.0 Å². The lowest BCUT2D eigenvalue weighted by Crippen LogP contribution is -2.50. The standard InChI is InChI=1S/C14H19NO2S/c1-14(2,13(16)17-3)15-12-9-18-8-10-6-4-5-7-11(10)12/h4-7,12,15H,8-9H2,1-3H3. The lowest BCUT2D eigenvalue weighted by molar-refractivity contribution is -0.147. The number of hydrogen-bond donors (Lipinski definition) is 1. The van der Waals surface area contributed by atoms with Gasteiger partial charge in [0.15, 0.2) is 0 Å². The fourth-order valence-electron chi connectivity index (χ4n) is 2.25. The van der Waals surface area contributed by atoms with Crippen LogP contribution in [0, 0.1) is 0 Å². The molecular formula is C14H19NO2S. The molecule has 98 valence electrons. The summed E-state index contributed by atoms with van der Waals surface area (Å²) < 4.78 is 4.84. The molecule has 1 aliphatic heterocycles. The monoisotopic (exact) mass is 265 g/mol. The van der Waals surface area contributed by atoms with Crippen molar-refractivity contribution in [3.8, 4) is 0 Å². The number of benzene rings is 1. The highest BCUT2D eigenvalue weighted by Gasteiger charge is 2.33. The third kappa shape index (κ3) is 2.70. The average Bonchev–Trinajstić information content (AvgIpc) is 2.38. The van der Waals surface area contributed by atoms with Crippen molar-refractivity contribution in [2.45, 2.75) is 31.2 Å². The normalized spacial score (nSPS) is 19.2. The van der Waals surface area contributed by atoms with Crippen LogP contribution in [0.5, 0.6) is 0 Å². The molecule has 1 atom stereocenters. The molecular weight excluding hydrogens is 246 g/mol. The Morgan fingerprint density at radius 1 is 1.44 bits per heavy atom. The fourth-order valence-corrected chi connectivity index (χ4v) is 3.35. The van der Waals surface area contributed by atoms with Gasteiger partial charge in [0, 0.05) is 17.5 Å². The van der Waals surface area contributed by atoms with Crippen molar-refractivity contribution in [2.24, 2.45) is 0 Å². The Kier molecular flexibility index (Phi) is 3.97. The molecule has 0 saturated carbocycles. The molecule has 1 aromatic carbocycles. The Morgan fingerprint density at radius 2 is 2.17 bits per heavy atom. The number of nitrogens with one attached hydrogen (secondary N) is 1. The van der Waals surface area contributed by atoms with Gasteiger partial charge >= 0.3 is 5.97 Å². The maximum absolute atomic E-state index is 11.7. The molecule has 18 heavy (non-hydrogen) atoms. The summed E-state index contributed by atoms with van der Waals surface area (Å²) in [5.74, 6) is 1.81.